The Bertz CT molecular complexity index is 543. The lowest BCUT2D eigenvalue weighted by atomic mass is 10.2. The topological polar surface area (TPSA) is 25.4 Å². The summed E-state index contributed by atoms with van der Waals surface area (Å²) in [5, 5.41) is 1.06. The molecule has 0 saturated heterocycles. The van der Waals surface area contributed by atoms with Crippen LogP contribution in [-0.2, 0) is 0 Å². The zero-order valence-corrected chi connectivity index (χ0v) is 13.0. The molecular weight excluding hydrogens is 304 g/mol. The van der Waals surface area contributed by atoms with Crippen molar-refractivity contribution in [2.75, 3.05) is 27.2 Å². The summed E-state index contributed by atoms with van der Waals surface area (Å²) in [5.74, 6) is 0.913. The number of fused-ring (bicyclic) bond motifs is 1. The van der Waals surface area contributed by atoms with Crippen molar-refractivity contribution in [3.8, 4) is 5.75 Å². The third-order valence-corrected chi connectivity index (χ3v) is 3.41. The predicted octanol–water partition coefficient (Wildman–Crippen LogP) is 3.72. The lowest BCUT2D eigenvalue weighted by Gasteiger charge is -2.11. The molecule has 0 radical (unpaired) electrons. The van der Waals surface area contributed by atoms with Gasteiger partial charge in [-0.05, 0) is 57.7 Å². The van der Waals surface area contributed by atoms with E-state index in [4.69, 9.17) is 4.74 Å². The van der Waals surface area contributed by atoms with Crippen molar-refractivity contribution in [3.63, 3.8) is 0 Å². The van der Waals surface area contributed by atoms with Crippen molar-refractivity contribution in [1.82, 2.24) is 9.88 Å². The Hall–Kier alpha value is -1.13. The second-order valence-corrected chi connectivity index (χ2v) is 5.75. The van der Waals surface area contributed by atoms with Crippen LogP contribution in [0.5, 0.6) is 5.75 Å². The van der Waals surface area contributed by atoms with E-state index < -0.39 is 0 Å². The summed E-state index contributed by atoms with van der Waals surface area (Å²) in [6.07, 6.45) is 4.01. The first-order chi connectivity index (χ1) is 9.16. The van der Waals surface area contributed by atoms with Gasteiger partial charge in [0.15, 0.2) is 0 Å². The van der Waals surface area contributed by atoms with Crippen LogP contribution in [0.1, 0.15) is 12.8 Å². The molecule has 0 aliphatic heterocycles. The molecule has 3 nitrogen and oxygen atoms in total. The number of hydrogen-bond acceptors (Lipinski definition) is 3. The predicted molar refractivity (Wildman–Crippen MR) is 82.7 cm³/mol. The highest BCUT2D eigenvalue weighted by Gasteiger charge is 2.03. The van der Waals surface area contributed by atoms with Gasteiger partial charge in [0, 0.05) is 16.1 Å². The van der Waals surface area contributed by atoms with Gasteiger partial charge < -0.3 is 9.64 Å². The average Bonchev–Trinajstić information content (AvgIpc) is 2.38. The summed E-state index contributed by atoms with van der Waals surface area (Å²) >= 11 is 3.49. The van der Waals surface area contributed by atoms with E-state index in [9.17, 15) is 0 Å². The maximum Gasteiger partial charge on any atom is 0.130 e. The molecule has 2 aromatic rings. The number of benzene rings is 1. The van der Waals surface area contributed by atoms with Gasteiger partial charge >= 0.3 is 0 Å². The van der Waals surface area contributed by atoms with Gasteiger partial charge in [-0.1, -0.05) is 15.9 Å². The summed E-state index contributed by atoms with van der Waals surface area (Å²) in [6.45, 7) is 1.85. The first-order valence-electron chi connectivity index (χ1n) is 6.48. The number of halogens is 1. The Morgan fingerprint density at radius 3 is 2.84 bits per heavy atom. The molecule has 0 bridgehead atoms. The molecule has 2 rings (SSSR count). The molecule has 0 aliphatic carbocycles. The minimum atomic E-state index is 0.749. The fourth-order valence-electron chi connectivity index (χ4n) is 1.93. The molecule has 4 heteroatoms. The minimum Gasteiger partial charge on any atom is -0.493 e. The first-order valence-corrected chi connectivity index (χ1v) is 7.28. The zero-order valence-electron chi connectivity index (χ0n) is 11.4. The number of pyridine rings is 1. The Morgan fingerprint density at radius 2 is 2.05 bits per heavy atom. The molecule has 19 heavy (non-hydrogen) atoms. The molecule has 0 aliphatic rings. The number of hydrogen-bond donors (Lipinski definition) is 0. The number of ether oxygens (including phenoxy) is 1. The molecule has 0 saturated carbocycles. The quantitative estimate of drug-likeness (QED) is 0.758. The highest BCUT2D eigenvalue weighted by atomic mass is 79.9. The van der Waals surface area contributed by atoms with Crippen molar-refractivity contribution in [2.45, 2.75) is 12.8 Å². The summed E-state index contributed by atoms with van der Waals surface area (Å²) in [4.78, 5) is 6.54. The second kappa shape index (κ2) is 6.87. The van der Waals surface area contributed by atoms with Crippen LogP contribution in [0.15, 0.2) is 34.9 Å². The molecule has 1 aromatic heterocycles. The molecule has 0 fully saturated rings. The van der Waals surface area contributed by atoms with E-state index in [-0.39, 0.29) is 0 Å². The van der Waals surface area contributed by atoms with Crippen LogP contribution >= 0.6 is 15.9 Å². The van der Waals surface area contributed by atoms with Gasteiger partial charge in [-0.15, -0.1) is 0 Å². The van der Waals surface area contributed by atoms with Crippen molar-refractivity contribution >= 4 is 26.8 Å². The van der Waals surface area contributed by atoms with Gasteiger partial charge in [-0.25, -0.2) is 0 Å². The summed E-state index contributed by atoms with van der Waals surface area (Å²) in [7, 11) is 4.18. The number of rotatable bonds is 6. The molecular formula is C15H19BrN2O. The number of aromatic nitrogens is 1. The van der Waals surface area contributed by atoms with Crippen LogP contribution in [0, 0.1) is 0 Å². The lowest BCUT2D eigenvalue weighted by molar-refractivity contribution is 0.296. The van der Waals surface area contributed by atoms with Gasteiger partial charge in [0.1, 0.15) is 5.75 Å². The summed E-state index contributed by atoms with van der Waals surface area (Å²) in [5.41, 5.74) is 0.967. The Balaban J connectivity index is 1.98. The van der Waals surface area contributed by atoms with E-state index in [1.165, 1.54) is 0 Å². The maximum absolute atomic E-state index is 5.88. The van der Waals surface area contributed by atoms with Crippen LogP contribution in [-0.4, -0.2) is 37.1 Å². The molecule has 0 atom stereocenters. The van der Waals surface area contributed by atoms with Crippen molar-refractivity contribution in [1.29, 1.82) is 0 Å². The van der Waals surface area contributed by atoms with E-state index in [0.717, 1.165) is 47.1 Å². The van der Waals surface area contributed by atoms with Crippen LogP contribution in [0.3, 0.4) is 0 Å². The molecule has 1 heterocycles. The van der Waals surface area contributed by atoms with Gasteiger partial charge in [-0.2, -0.15) is 0 Å². The zero-order chi connectivity index (χ0) is 13.7. The van der Waals surface area contributed by atoms with E-state index in [1.807, 2.05) is 18.2 Å². The fraction of sp³-hybridized carbons (Fsp3) is 0.400. The minimum absolute atomic E-state index is 0.749. The van der Waals surface area contributed by atoms with Crippen LogP contribution in [0.25, 0.3) is 10.9 Å². The van der Waals surface area contributed by atoms with Gasteiger partial charge in [0.25, 0.3) is 0 Å². The smallest absolute Gasteiger partial charge is 0.130 e. The average molecular weight is 323 g/mol. The van der Waals surface area contributed by atoms with Crippen LogP contribution in [0.2, 0.25) is 0 Å². The van der Waals surface area contributed by atoms with Crippen molar-refractivity contribution in [3.05, 3.63) is 34.9 Å². The third kappa shape index (κ3) is 4.18. The maximum atomic E-state index is 5.88. The van der Waals surface area contributed by atoms with E-state index in [1.54, 1.807) is 6.20 Å². The van der Waals surface area contributed by atoms with Crippen LogP contribution < -0.4 is 4.74 Å². The van der Waals surface area contributed by atoms with Crippen LogP contribution in [0.4, 0.5) is 0 Å². The standard InChI is InChI=1S/C15H19BrN2O/c1-18(2)9-3-4-10-19-15-7-8-17-14-6-5-12(16)11-13(14)15/h5-8,11H,3-4,9-10H2,1-2H3. The van der Waals surface area contributed by atoms with E-state index in [0.29, 0.717) is 0 Å². The van der Waals surface area contributed by atoms with Gasteiger partial charge in [0.05, 0.1) is 12.1 Å². The van der Waals surface area contributed by atoms with Crippen molar-refractivity contribution < 1.29 is 4.74 Å². The normalized spacial score (nSPS) is 11.2. The summed E-state index contributed by atoms with van der Waals surface area (Å²) < 4.78 is 6.92. The SMILES string of the molecule is CN(C)CCCCOc1ccnc2ccc(Br)cc12. The fourth-order valence-corrected chi connectivity index (χ4v) is 2.29. The Morgan fingerprint density at radius 1 is 1.21 bits per heavy atom. The number of unbranched alkanes of at least 4 members (excludes halogenated alkanes) is 1. The largest absolute Gasteiger partial charge is 0.493 e. The monoisotopic (exact) mass is 322 g/mol. The third-order valence-electron chi connectivity index (χ3n) is 2.92. The molecule has 0 N–H and O–H groups in total. The van der Waals surface area contributed by atoms with E-state index >= 15 is 0 Å². The van der Waals surface area contributed by atoms with Gasteiger partial charge in [-0.3, -0.25) is 4.98 Å². The van der Waals surface area contributed by atoms with E-state index in [2.05, 4.69) is 46.0 Å². The van der Waals surface area contributed by atoms with Crippen molar-refractivity contribution in [2.24, 2.45) is 0 Å². The molecule has 0 amide bonds. The Kier molecular flexibility index (Phi) is 5.16. The molecule has 102 valence electrons. The lowest BCUT2D eigenvalue weighted by Crippen LogP contribution is -2.13. The Labute approximate surface area is 122 Å². The number of nitrogens with zero attached hydrogens (tertiary/aromatic N) is 2. The van der Waals surface area contributed by atoms with Gasteiger partial charge in [0.2, 0.25) is 0 Å². The highest BCUT2D eigenvalue weighted by Crippen LogP contribution is 2.26. The molecule has 0 unspecified atom stereocenters. The highest BCUT2D eigenvalue weighted by molar-refractivity contribution is 9.10. The second-order valence-electron chi connectivity index (χ2n) is 4.83. The molecule has 1 aromatic carbocycles. The summed E-state index contributed by atoms with van der Waals surface area (Å²) in [6, 6.07) is 7.98. The first kappa shape index (κ1) is 14.3. The molecule has 0 spiro atoms.